The predicted molar refractivity (Wildman–Crippen MR) is 92.1 cm³/mol. The van der Waals surface area contributed by atoms with Gasteiger partial charge >= 0.3 is 0 Å². The van der Waals surface area contributed by atoms with Crippen LogP contribution in [-0.2, 0) is 0 Å². The molecule has 3 nitrogen and oxygen atoms in total. The largest absolute Gasteiger partial charge is 0.289 e. The Hall–Kier alpha value is -1.95. The molecular weight excluding hydrogens is 336 g/mol. The van der Waals surface area contributed by atoms with Crippen molar-refractivity contribution in [1.82, 2.24) is 9.78 Å². The van der Waals surface area contributed by atoms with Crippen LogP contribution in [0.15, 0.2) is 54.0 Å². The first kappa shape index (κ1) is 13.7. The van der Waals surface area contributed by atoms with E-state index in [0.29, 0.717) is 9.90 Å². The van der Waals surface area contributed by atoms with E-state index in [-0.39, 0.29) is 5.91 Å². The Balaban J connectivity index is 1.76. The molecule has 0 aliphatic rings. The predicted octanol–water partition coefficient (Wildman–Crippen LogP) is 5.17. The van der Waals surface area contributed by atoms with Gasteiger partial charge in [0.1, 0.15) is 10.6 Å². The topological polar surface area (TPSA) is 34.9 Å². The van der Waals surface area contributed by atoms with Crippen LogP contribution in [0.2, 0.25) is 5.02 Å². The fourth-order valence-electron chi connectivity index (χ4n) is 2.25. The van der Waals surface area contributed by atoms with E-state index >= 15 is 0 Å². The summed E-state index contributed by atoms with van der Waals surface area (Å²) < 4.78 is 2.35. The Morgan fingerprint density at radius 3 is 2.77 bits per heavy atom. The molecule has 22 heavy (non-hydrogen) atoms. The van der Waals surface area contributed by atoms with Gasteiger partial charge in [-0.05, 0) is 23.6 Å². The molecule has 0 fully saturated rings. The SMILES string of the molecule is O=C(c1sc2ccccc2c1Cl)n1ccc(-c2cccs2)n1. The summed E-state index contributed by atoms with van der Waals surface area (Å²) in [5, 5.41) is 7.76. The lowest BCUT2D eigenvalue weighted by Gasteiger charge is -1.98. The Morgan fingerprint density at radius 1 is 1.14 bits per heavy atom. The summed E-state index contributed by atoms with van der Waals surface area (Å²) in [6, 6.07) is 13.5. The van der Waals surface area contributed by atoms with E-state index in [4.69, 9.17) is 11.6 Å². The van der Waals surface area contributed by atoms with Crippen molar-refractivity contribution in [3.63, 3.8) is 0 Å². The second kappa shape index (κ2) is 5.35. The molecule has 0 spiro atoms. The highest BCUT2D eigenvalue weighted by Gasteiger charge is 2.19. The third kappa shape index (κ3) is 2.18. The van der Waals surface area contributed by atoms with Gasteiger partial charge in [-0.1, -0.05) is 35.9 Å². The standard InChI is InChI=1S/C16H9ClN2OS2/c17-14-10-4-1-2-5-12(10)22-15(14)16(20)19-8-7-11(18-19)13-6-3-9-21-13/h1-9H. The summed E-state index contributed by atoms with van der Waals surface area (Å²) in [5.74, 6) is -0.200. The molecule has 0 atom stereocenters. The second-order valence-corrected chi connectivity index (χ2v) is 7.05. The Kier molecular flexibility index (Phi) is 3.33. The molecule has 4 aromatic rings. The maximum absolute atomic E-state index is 12.6. The molecule has 108 valence electrons. The molecule has 0 radical (unpaired) electrons. The van der Waals surface area contributed by atoms with Gasteiger partial charge in [0, 0.05) is 16.3 Å². The van der Waals surface area contributed by atoms with Crippen molar-refractivity contribution >= 4 is 50.3 Å². The maximum Gasteiger partial charge on any atom is 0.289 e. The normalized spacial score (nSPS) is 11.1. The van der Waals surface area contributed by atoms with Crippen molar-refractivity contribution < 1.29 is 4.79 Å². The molecule has 0 unspecified atom stereocenters. The molecule has 0 saturated carbocycles. The summed E-state index contributed by atoms with van der Waals surface area (Å²) in [5.41, 5.74) is 0.792. The lowest BCUT2D eigenvalue weighted by atomic mass is 10.2. The van der Waals surface area contributed by atoms with Gasteiger partial charge in [0.25, 0.3) is 5.91 Å². The quantitative estimate of drug-likeness (QED) is 0.503. The van der Waals surface area contributed by atoms with Crippen molar-refractivity contribution in [3.8, 4) is 10.6 Å². The molecule has 1 aromatic carbocycles. The molecule has 4 rings (SSSR count). The van der Waals surface area contributed by atoms with Gasteiger partial charge in [0.05, 0.1) is 9.90 Å². The van der Waals surface area contributed by atoms with Crippen molar-refractivity contribution in [3.05, 3.63) is 63.9 Å². The molecule has 3 heterocycles. The summed E-state index contributed by atoms with van der Waals surface area (Å²) in [7, 11) is 0. The van der Waals surface area contributed by atoms with Crippen molar-refractivity contribution in [2.24, 2.45) is 0 Å². The van der Waals surface area contributed by atoms with Crippen LogP contribution >= 0.6 is 34.3 Å². The number of carbonyl (C=O) groups is 1. The van der Waals surface area contributed by atoms with Crippen LogP contribution in [0, 0.1) is 0 Å². The first-order chi connectivity index (χ1) is 10.7. The molecule has 3 aromatic heterocycles. The van der Waals surface area contributed by atoms with Crippen molar-refractivity contribution in [1.29, 1.82) is 0 Å². The third-order valence-corrected chi connectivity index (χ3v) is 5.86. The zero-order valence-electron chi connectivity index (χ0n) is 11.2. The number of hydrogen-bond donors (Lipinski definition) is 0. The van der Waals surface area contributed by atoms with Crippen molar-refractivity contribution in [2.75, 3.05) is 0 Å². The number of fused-ring (bicyclic) bond motifs is 1. The van der Waals surface area contributed by atoms with E-state index in [2.05, 4.69) is 5.10 Å². The van der Waals surface area contributed by atoms with Crippen LogP contribution in [0.4, 0.5) is 0 Å². The minimum atomic E-state index is -0.200. The fourth-order valence-corrected chi connectivity index (χ4v) is 4.38. The van der Waals surface area contributed by atoms with Gasteiger partial charge in [-0.2, -0.15) is 5.10 Å². The summed E-state index contributed by atoms with van der Waals surface area (Å²) >= 11 is 9.35. The number of hydrogen-bond acceptors (Lipinski definition) is 4. The van der Waals surface area contributed by atoms with E-state index < -0.39 is 0 Å². The average molecular weight is 345 g/mol. The van der Waals surface area contributed by atoms with Gasteiger partial charge in [-0.3, -0.25) is 4.79 Å². The number of benzene rings is 1. The summed E-state index contributed by atoms with van der Waals surface area (Å²) in [6.45, 7) is 0. The van der Waals surface area contributed by atoms with Crippen LogP contribution in [0.25, 0.3) is 20.7 Å². The Bertz CT molecular complexity index is 969. The molecule has 0 aliphatic heterocycles. The van der Waals surface area contributed by atoms with E-state index in [1.54, 1.807) is 17.5 Å². The number of nitrogens with zero attached hydrogens (tertiary/aromatic N) is 2. The first-order valence-corrected chi connectivity index (χ1v) is 8.63. The smallest absolute Gasteiger partial charge is 0.266 e. The molecular formula is C16H9ClN2OS2. The van der Waals surface area contributed by atoms with E-state index in [0.717, 1.165) is 20.7 Å². The third-order valence-electron chi connectivity index (χ3n) is 3.30. The summed E-state index contributed by atoms with van der Waals surface area (Å²) in [4.78, 5) is 14.2. The van der Waals surface area contributed by atoms with Crippen LogP contribution in [0.5, 0.6) is 0 Å². The number of halogens is 1. The minimum absolute atomic E-state index is 0.200. The van der Waals surface area contributed by atoms with Gasteiger partial charge in [0.2, 0.25) is 0 Å². The highest BCUT2D eigenvalue weighted by atomic mass is 35.5. The van der Waals surface area contributed by atoms with Crippen LogP contribution < -0.4 is 0 Å². The minimum Gasteiger partial charge on any atom is -0.266 e. The number of rotatable bonds is 2. The molecule has 0 N–H and O–H groups in total. The van der Waals surface area contributed by atoms with E-state index in [1.807, 2.05) is 47.8 Å². The van der Waals surface area contributed by atoms with E-state index in [1.165, 1.54) is 16.0 Å². The van der Waals surface area contributed by atoms with Gasteiger partial charge < -0.3 is 0 Å². The van der Waals surface area contributed by atoms with Gasteiger partial charge in [-0.15, -0.1) is 22.7 Å². The second-order valence-electron chi connectivity index (χ2n) is 4.67. The Morgan fingerprint density at radius 2 is 2.00 bits per heavy atom. The number of carbonyl (C=O) groups excluding carboxylic acids is 1. The monoisotopic (exact) mass is 344 g/mol. The van der Waals surface area contributed by atoms with Crippen LogP contribution in [0.3, 0.4) is 0 Å². The lowest BCUT2D eigenvalue weighted by Crippen LogP contribution is -2.11. The average Bonchev–Trinajstić information content (AvgIpc) is 3.26. The zero-order chi connectivity index (χ0) is 15.1. The van der Waals surface area contributed by atoms with Crippen LogP contribution in [-0.4, -0.2) is 15.7 Å². The maximum atomic E-state index is 12.6. The summed E-state index contributed by atoms with van der Waals surface area (Å²) in [6.07, 6.45) is 1.68. The highest BCUT2D eigenvalue weighted by molar-refractivity contribution is 7.21. The number of thiophene rings is 2. The lowest BCUT2D eigenvalue weighted by molar-refractivity contribution is 0.0949. The molecule has 0 bridgehead atoms. The van der Waals surface area contributed by atoms with Gasteiger partial charge in [-0.25, -0.2) is 4.68 Å². The number of aromatic nitrogens is 2. The van der Waals surface area contributed by atoms with Crippen molar-refractivity contribution in [2.45, 2.75) is 0 Å². The molecule has 0 aliphatic carbocycles. The molecule has 0 saturated heterocycles. The highest BCUT2D eigenvalue weighted by Crippen LogP contribution is 2.35. The zero-order valence-corrected chi connectivity index (χ0v) is 13.6. The first-order valence-electron chi connectivity index (χ1n) is 6.55. The Labute approximate surface area is 139 Å². The fraction of sp³-hybridized carbons (Fsp3) is 0. The molecule has 6 heteroatoms. The molecule has 0 amide bonds. The van der Waals surface area contributed by atoms with Gasteiger partial charge in [0.15, 0.2) is 0 Å². The van der Waals surface area contributed by atoms with E-state index in [9.17, 15) is 4.79 Å². The van der Waals surface area contributed by atoms with Crippen LogP contribution in [0.1, 0.15) is 9.67 Å².